The molecule has 246 valence electrons. The molecule has 17 heteroatoms. The summed E-state index contributed by atoms with van der Waals surface area (Å²) in [6, 6.07) is 5.74. The van der Waals surface area contributed by atoms with Gasteiger partial charge < -0.3 is 79.2 Å². The average Bonchev–Trinajstić information content (AvgIpc) is 3.01. The molecule has 0 bridgehead atoms. The van der Waals surface area contributed by atoms with Crippen LogP contribution in [0.25, 0.3) is 22.3 Å². The van der Waals surface area contributed by atoms with Crippen molar-refractivity contribution in [1.82, 2.24) is 0 Å². The zero-order chi connectivity index (χ0) is 32.7. The van der Waals surface area contributed by atoms with Crippen LogP contribution in [0.4, 0.5) is 0 Å². The van der Waals surface area contributed by atoms with Crippen molar-refractivity contribution in [3.8, 4) is 40.1 Å². The number of aromatic hydroxyl groups is 3. The molecule has 2 fully saturated rings. The maximum atomic E-state index is 13.7. The fourth-order valence-corrected chi connectivity index (χ4v) is 5.15. The second kappa shape index (κ2) is 12.9. The lowest BCUT2D eigenvalue weighted by molar-refractivity contribution is -0.352. The number of hydrogen-bond acceptors (Lipinski definition) is 17. The van der Waals surface area contributed by atoms with Crippen molar-refractivity contribution in [3.05, 3.63) is 40.6 Å². The highest BCUT2D eigenvalue weighted by Crippen LogP contribution is 2.40. The molecular weight excluding hydrogens is 608 g/mol. The molecule has 45 heavy (non-hydrogen) atoms. The van der Waals surface area contributed by atoms with Gasteiger partial charge in [0, 0.05) is 17.7 Å². The number of aliphatic hydroxyl groups is 7. The fraction of sp³-hybridized carbons (Fsp3) is 0.464. The number of fused-ring (bicyclic) bond motifs is 1. The Kier molecular flexibility index (Phi) is 9.38. The Bertz CT molecular complexity index is 1570. The van der Waals surface area contributed by atoms with Gasteiger partial charge >= 0.3 is 0 Å². The molecule has 17 nitrogen and oxygen atoms in total. The summed E-state index contributed by atoms with van der Waals surface area (Å²) < 4.78 is 33.2. The number of phenols is 3. The number of rotatable bonds is 8. The second-order valence-corrected chi connectivity index (χ2v) is 10.4. The summed E-state index contributed by atoms with van der Waals surface area (Å²) in [4.78, 5) is 13.7. The van der Waals surface area contributed by atoms with E-state index in [0.29, 0.717) is 0 Å². The van der Waals surface area contributed by atoms with E-state index in [0.717, 1.165) is 12.1 Å². The van der Waals surface area contributed by atoms with Crippen molar-refractivity contribution in [2.45, 2.75) is 61.4 Å². The van der Waals surface area contributed by atoms with Crippen LogP contribution in [0.2, 0.25) is 0 Å². The molecule has 5 rings (SSSR count). The van der Waals surface area contributed by atoms with Gasteiger partial charge in [0.25, 0.3) is 0 Å². The van der Waals surface area contributed by atoms with Crippen LogP contribution >= 0.6 is 0 Å². The SMILES string of the molecule is COc1cc(-c2oc3cc(O)cc(O)c3c(=O)c2O[C@@H]2OC(CO)[C@@H](O)C(O[C@@H]3OC(CO)[C@@H](O)C(O)[C@H]3O)C2O)ccc1O. The number of aliphatic hydroxyl groups excluding tert-OH is 7. The quantitative estimate of drug-likeness (QED) is 0.123. The van der Waals surface area contributed by atoms with Gasteiger partial charge in [0.2, 0.25) is 17.5 Å². The van der Waals surface area contributed by atoms with E-state index in [2.05, 4.69) is 0 Å². The predicted molar refractivity (Wildman–Crippen MR) is 146 cm³/mol. The highest BCUT2D eigenvalue weighted by molar-refractivity contribution is 5.88. The van der Waals surface area contributed by atoms with Crippen LogP contribution in [0.1, 0.15) is 0 Å². The maximum absolute atomic E-state index is 13.7. The molecule has 10 N–H and O–H groups in total. The largest absolute Gasteiger partial charge is 0.508 e. The third kappa shape index (κ3) is 5.98. The maximum Gasteiger partial charge on any atom is 0.239 e. The minimum atomic E-state index is -2.01. The molecule has 2 aromatic carbocycles. The summed E-state index contributed by atoms with van der Waals surface area (Å²) in [7, 11) is 1.27. The second-order valence-electron chi connectivity index (χ2n) is 10.4. The Morgan fingerprint density at radius 2 is 1.44 bits per heavy atom. The van der Waals surface area contributed by atoms with E-state index >= 15 is 0 Å². The Morgan fingerprint density at radius 3 is 2.11 bits per heavy atom. The Balaban J connectivity index is 1.56. The van der Waals surface area contributed by atoms with E-state index in [9.17, 15) is 55.9 Å². The van der Waals surface area contributed by atoms with Crippen LogP contribution in [-0.4, -0.2) is 133 Å². The highest BCUT2D eigenvalue weighted by atomic mass is 16.7. The predicted octanol–water partition coefficient (Wildman–Crippen LogP) is -2.41. The Hall–Kier alpha value is -3.75. The van der Waals surface area contributed by atoms with Crippen LogP contribution in [0, 0.1) is 0 Å². The molecule has 0 radical (unpaired) electrons. The van der Waals surface area contributed by atoms with E-state index in [1.54, 1.807) is 0 Å². The van der Waals surface area contributed by atoms with Gasteiger partial charge in [-0.3, -0.25) is 4.79 Å². The van der Waals surface area contributed by atoms with Gasteiger partial charge in [0.1, 0.15) is 71.3 Å². The smallest absolute Gasteiger partial charge is 0.239 e. The number of phenolic OH excluding ortho intramolecular Hbond substituents is 3. The topological polar surface area (TPSA) is 279 Å². The van der Waals surface area contributed by atoms with Crippen LogP contribution in [0.5, 0.6) is 28.7 Å². The molecule has 0 saturated carbocycles. The summed E-state index contributed by atoms with van der Waals surface area (Å²) in [5.74, 6) is -2.43. The summed E-state index contributed by atoms with van der Waals surface area (Å²) in [6.45, 7) is -1.65. The first-order valence-corrected chi connectivity index (χ1v) is 13.5. The average molecular weight is 641 g/mol. The normalized spacial score (nSPS) is 32.0. The van der Waals surface area contributed by atoms with Gasteiger partial charge in [0.15, 0.2) is 23.5 Å². The first-order valence-electron chi connectivity index (χ1n) is 13.5. The van der Waals surface area contributed by atoms with Crippen LogP contribution in [0.15, 0.2) is 39.5 Å². The minimum absolute atomic E-state index is 0.0367. The Morgan fingerprint density at radius 1 is 0.778 bits per heavy atom. The highest BCUT2D eigenvalue weighted by Gasteiger charge is 2.51. The van der Waals surface area contributed by atoms with E-state index in [-0.39, 0.29) is 28.4 Å². The van der Waals surface area contributed by atoms with E-state index in [4.69, 9.17) is 28.1 Å². The molecule has 2 aliphatic heterocycles. The zero-order valence-corrected chi connectivity index (χ0v) is 23.4. The van der Waals surface area contributed by atoms with Gasteiger partial charge in [-0.2, -0.15) is 0 Å². The van der Waals surface area contributed by atoms with Crippen molar-refractivity contribution >= 4 is 11.0 Å². The number of ether oxygens (including phenoxy) is 5. The first-order chi connectivity index (χ1) is 21.4. The van der Waals surface area contributed by atoms with Crippen LogP contribution in [-0.2, 0) is 14.2 Å². The summed E-state index contributed by atoms with van der Waals surface area (Å²) in [6.07, 6.45) is -17.8. The molecule has 2 saturated heterocycles. The minimum Gasteiger partial charge on any atom is -0.508 e. The van der Waals surface area contributed by atoms with Crippen molar-refractivity contribution in [3.63, 3.8) is 0 Å². The van der Waals surface area contributed by atoms with Gasteiger partial charge in [-0.15, -0.1) is 0 Å². The van der Waals surface area contributed by atoms with Gasteiger partial charge in [-0.1, -0.05) is 0 Å². The lowest BCUT2D eigenvalue weighted by Crippen LogP contribution is -2.65. The molecule has 0 spiro atoms. The first kappa shape index (κ1) is 32.6. The monoisotopic (exact) mass is 640 g/mol. The van der Waals surface area contributed by atoms with E-state index in [1.807, 2.05) is 0 Å². The Labute approximate surface area is 252 Å². The zero-order valence-electron chi connectivity index (χ0n) is 23.4. The molecule has 10 atom stereocenters. The molecule has 2 aliphatic rings. The summed E-state index contributed by atoms with van der Waals surface area (Å²) >= 11 is 0. The van der Waals surface area contributed by atoms with Crippen molar-refractivity contribution < 1.29 is 79.2 Å². The third-order valence-electron chi connectivity index (χ3n) is 7.56. The van der Waals surface area contributed by atoms with Crippen molar-refractivity contribution in [1.29, 1.82) is 0 Å². The summed E-state index contributed by atoms with van der Waals surface area (Å²) in [5.41, 5.74) is -1.20. The lowest BCUT2D eigenvalue weighted by Gasteiger charge is -2.45. The molecule has 5 unspecified atom stereocenters. The fourth-order valence-electron chi connectivity index (χ4n) is 5.15. The van der Waals surface area contributed by atoms with Crippen molar-refractivity contribution in [2.24, 2.45) is 0 Å². The molecule has 1 aromatic heterocycles. The third-order valence-corrected chi connectivity index (χ3v) is 7.56. The molecule has 0 amide bonds. The number of hydrogen-bond donors (Lipinski definition) is 10. The van der Waals surface area contributed by atoms with Gasteiger partial charge in [0.05, 0.1) is 20.3 Å². The van der Waals surface area contributed by atoms with Gasteiger partial charge in [-0.25, -0.2) is 0 Å². The van der Waals surface area contributed by atoms with Gasteiger partial charge in [-0.05, 0) is 18.2 Å². The molecule has 3 aromatic rings. The van der Waals surface area contributed by atoms with E-state index < -0.39 is 103 Å². The van der Waals surface area contributed by atoms with Crippen LogP contribution in [0.3, 0.4) is 0 Å². The van der Waals surface area contributed by atoms with Crippen LogP contribution < -0.4 is 14.9 Å². The number of methoxy groups -OCH3 is 1. The standard InChI is InChI=1S/C28H32O17/c1-40-13-4-9(2-3-11(13)32)24-26(20(36)17-12(33)5-10(31)6-14(17)41-24)45-28-23(39)25(19(35)16(8-30)43-28)44-27-22(38)21(37)18(34)15(7-29)42-27/h2-6,15-16,18-19,21-23,25,27-35,37-39H,7-8H2,1H3/t15?,16?,18-,19-,21?,22-,23?,25?,27+,28+/m1/s1. The lowest BCUT2D eigenvalue weighted by atomic mass is 9.97. The summed E-state index contributed by atoms with van der Waals surface area (Å²) in [5, 5.41) is 102. The molecule has 0 aliphatic carbocycles. The number of benzene rings is 2. The van der Waals surface area contributed by atoms with Crippen molar-refractivity contribution in [2.75, 3.05) is 20.3 Å². The molecule has 3 heterocycles. The molecular formula is C28H32O17. The van der Waals surface area contributed by atoms with E-state index in [1.165, 1.54) is 25.3 Å².